The topological polar surface area (TPSA) is 102 Å². The Labute approximate surface area is 180 Å². The molecule has 1 heterocycles. The maximum atomic E-state index is 11.7. The van der Waals surface area contributed by atoms with Gasteiger partial charge in [0.05, 0.1) is 23.8 Å². The van der Waals surface area contributed by atoms with Crippen LogP contribution in [-0.4, -0.2) is 15.9 Å². The molecule has 3 rings (SSSR count). The van der Waals surface area contributed by atoms with Crippen LogP contribution in [0.5, 0.6) is 5.75 Å². The Hall–Kier alpha value is -3.42. The van der Waals surface area contributed by atoms with Gasteiger partial charge in [-0.05, 0) is 42.3 Å². The molecule has 0 saturated heterocycles. The van der Waals surface area contributed by atoms with Crippen molar-refractivity contribution in [3.63, 3.8) is 0 Å². The number of halogens is 1. The quantitative estimate of drug-likeness (QED) is 0.465. The predicted octanol–water partition coefficient (Wildman–Crippen LogP) is 4.34. The molecule has 8 heteroatoms. The number of aromatic nitrogens is 2. The van der Waals surface area contributed by atoms with E-state index >= 15 is 0 Å². The summed E-state index contributed by atoms with van der Waals surface area (Å²) in [6.45, 7) is 6.10. The monoisotopic (exact) mass is 423 g/mol. The SMILES string of the molecule is C=CC(=O)Nc1cccc(C)c1Nc1ncc(OCc2cc(CN)ccc2Cl)cn1. The van der Waals surface area contributed by atoms with Gasteiger partial charge in [-0.25, -0.2) is 9.97 Å². The maximum absolute atomic E-state index is 11.7. The normalized spacial score (nSPS) is 10.4. The van der Waals surface area contributed by atoms with Crippen molar-refractivity contribution in [1.82, 2.24) is 9.97 Å². The van der Waals surface area contributed by atoms with Gasteiger partial charge in [-0.15, -0.1) is 0 Å². The van der Waals surface area contributed by atoms with Crippen LogP contribution in [0.15, 0.2) is 61.4 Å². The number of hydrogen-bond acceptors (Lipinski definition) is 6. The molecule has 2 aromatic carbocycles. The average molecular weight is 424 g/mol. The Kier molecular flexibility index (Phi) is 7.00. The van der Waals surface area contributed by atoms with Crippen LogP contribution in [-0.2, 0) is 17.9 Å². The van der Waals surface area contributed by atoms with Gasteiger partial charge in [-0.1, -0.05) is 36.4 Å². The second-order valence-corrected chi connectivity index (χ2v) is 6.88. The summed E-state index contributed by atoms with van der Waals surface area (Å²) in [6.07, 6.45) is 4.34. The van der Waals surface area contributed by atoms with E-state index in [1.165, 1.54) is 6.08 Å². The predicted molar refractivity (Wildman–Crippen MR) is 119 cm³/mol. The first-order valence-electron chi connectivity index (χ1n) is 9.22. The number of aryl methyl sites for hydroxylation is 1. The summed E-state index contributed by atoms with van der Waals surface area (Å²) in [4.78, 5) is 20.3. The van der Waals surface area contributed by atoms with Crippen LogP contribution < -0.4 is 21.1 Å². The summed E-state index contributed by atoms with van der Waals surface area (Å²) in [7, 11) is 0. The van der Waals surface area contributed by atoms with E-state index in [9.17, 15) is 4.79 Å². The van der Waals surface area contributed by atoms with Crippen molar-refractivity contribution in [2.75, 3.05) is 10.6 Å². The summed E-state index contributed by atoms with van der Waals surface area (Å²) < 4.78 is 5.75. The number of ether oxygens (including phenoxy) is 1. The van der Waals surface area contributed by atoms with Crippen molar-refractivity contribution >= 4 is 34.8 Å². The molecule has 0 aliphatic heterocycles. The third-order valence-corrected chi connectivity index (χ3v) is 4.69. The summed E-state index contributed by atoms with van der Waals surface area (Å²) in [6, 6.07) is 11.2. The number of rotatable bonds is 8. The van der Waals surface area contributed by atoms with Gasteiger partial charge in [-0.2, -0.15) is 0 Å². The number of para-hydroxylation sites is 1. The molecule has 0 aliphatic rings. The van der Waals surface area contributed by atoms with E-state index in [1.807, 2.05) is 31.2 Å². The molecule has 0 aliphatic carbocycles. The van der Waals surface area contributed by atoms with Crippen LogP contribution in [0.25, 0.3) is 0 Å². The smallest absolute Gasteiger partial charge is 0.247 e. The van der Waals surface area contributed by atoms with Crippen molar-refractivity contribution < 1.29 is 9.53 Å². The highest BCUT2D eigenvalue weighted by Crippen LogP contribution is 2.28. The lowest BCUT2D eigenvalue weighted by molar-refractivity contribution is -0.111. The fourth-order valence-corrected chi connectivity index (χ4v) is 2.89. The minimum absolute atomic E-state index is 0.276. The molecule has 0 atom stereocenters. The van der Waals surface area contributed by atoms with Crippen LogP contribution in [0, 0.1) is 6.92 Å². The van der Waals surface area contributed by atoms with Gasteiger partial charge >= 0.3 is 0 Å². The first kappa shape index (κ1) is 21.3. The zero-order valence-corrected chi connectivity index (χ0v) is 17.2. The Morgan fingerprint density at radius 1 is 1.27 bits per heavy atom. The number of amides is 1. The number of nitrogens with zero attached hydrogens (tertiary/aromatic N) is 2. The molecule has 1 amide bonds. The maximum Gasteiger partial charge on any atom is 0.247 e. The molecule has 0 fully saturated rings. The van der Waals surface area contributed by atoms with E-state index in [1.54, 1.807) is 24.5 Å². The summed E-state index contributed by atoms with van der Waals surface area (Å²) in [5.74, 6) is 0.569. The zero-order chi connectivity index (χ0) is 21.5. The van der Waals surface area contributed by atoms with Crippen LogP contribution in [0.1, 0.15) is 16.7 Å². The Morgan fingerprint density at radius 3 is 2.73 bits per heavy atom. The van der Waals surface area contributed by atoms with E-state index in [0.717, 1.165) is 16.7 Å². The third-order valence-electron chi connectivity index (χ3n) is 4.32. The fraction of sp³-hybridized carbons (Fsp3) is 0.136. The number of benzene rings is 2. The van der Waals surface area contributed by atoms with E-state index in [4.69, 9.17) is 22.1 Å². The third kappa shape index (κ3) is 5.34. The molecule has 0 saturated carbocycles. The zero-order valence-electron chi connectivity index (χ0n) is 16.5. The van der Waals surface area contributed by atoms with Crippen LogP contribution >= 0.6 is 11.6 Å². The molecule has 3 aromatic rings. The first-order chi connectivity index (χ1) is 14.5. The van der Waals surface area contributed by atoms with Gasteiger partial charge in [0.25, 0.3) is 0 Å². The van der Waals surface area contributed by atoms with E-state index in [-0.39, 0.29) is 12.5 Å². The highest BCUT2D eigenvalue weighted by molar-refractivity contribution is 6.31. The van der Waals surface area contributed by atoms with Gasteiger partial charge in [-0.3, -0.25) is 4.79 Å². The number of carbonyl (C=O) groups excluding carboxylic acids is 1. The molecule has 1 aromatic heterocycles. The largest absolute Gasteiger partial charge is 0.486 e. The Morgan fingerprint density at radius 2 is 2.03 bits per heavy atom. The highest BCUT2D eigenvalue weighted by atomic mass is 35.5. The number of anilines is 3. The number of nitrogens with two attached hydrogens (primary N) is 1. The average Bonchev–Trinajstić information content (AvgIpc) is 2.76. The molecule has 0 bridgehead atoms. The lowest BCUT2D eigenvalue weighted by atomic mass is 10.1. The van der Waals surface area contributed by atoms with Gasteiger partial charge in [0.1, 0.15) is 6.61 Å². The molecule has 154 valence electrons. The molecule has 30 heavy (non-hydrogen) atoms. The van der Waals surface area contributed by atoms with Crippen LogP contribution in [0.2, 0.25) is 5.02 Å². The fourth-order valence-electron chi connectivity index (χ4n) is 2.72. The van der Waals surface area contributed by atoms with Gasteiger partial charge in [0.2, 0.25) is 11.9 Å². The molecular weight excluding hydrogens is 402 g/mol. The number of nitrogens with one attached hydrogen (secondary N) is 2. The minimum Gasteiger partial charge on any atom is -0.486 e. The lowest BCUT2D eigenvalue weighted by Gasteiger charge is -2.14. The molecule has 7 nitrogen and oxygen atoms in total. The summed E-state index contributed by atoms with van der Waals surface area (Å²) in [5.41, 5.74) is 9.72. The van der Waals surface area contributed by atoms with Crippen molar-refractivity contribution in [1.29, 1.82) is 0 Å². The van der Waals surface area contributed by atoms with Gasteiger partial charge in [0.15, 0.2) is 5.75 Å². The van der Waals surface area contributed by atoms with E-state index in [0.29, 0.717) is 34.6 Å². The number of hydrogen-bond donors (Lipinski definition) is 3. The van der Waals surface area contributed by atoms with Gasteiger partial charge in [0, 0.05) is 17.1 Å². The van der Waals surface area contributed by atoms with Crippen molar-refractivity contribution in [2.45, 2.75) is 20.1 Å². The molecule has 0 radical (unpaired) electrons. The Balaban J connectivity index is 1.70. The second kappa shape index (κ2) is 9.87. The lowest BCUT2D eigenvalue weighted by Crippen LogP contribution is -2.10. The van der Waals surface area contributed by atoms with E-state index in [2.05, 4.69) is 27.2 Å². The van der Waals surface area contributed by atoms with Crippen LogP contribution in [0.4, 0.5) is 17.3 Å². The van der Waals surface area contributed by atoms with Gasteiger partial charge < -0.3 is 21.1 Å². The molecule has 4 N–H and O–H groups in total. The molecule has 0 unspecified atom stereocenters. The Bertz CT molecular complexity index is 1050. The summed E-state index contributed by atoms with van der Waals surface area (Å²) >= 11 is 6.21. The first-order valence-corrected chi connectivity index (χ1v) is 9.60. The van der Waals surface area contributed by atoms with Crippen molar-refractivity contribution in [3.05, 3.63) is 83.2 Å². The van der Waals surface area contributed by atoms with Crippen LogP contribution in [0.3, 0.4) is 0 Å². The minimum atomic E-state index is -0.300. The van der Waals surface area contributed by atoms with Crippen molar-refractivity contribution in [3.8, 4) is 5.75 Å². The second-order valence-electron chi connectivity index (χ2n) is 6.48. The highest BCUT2D eigenvalue weighted by Gasteiger charge is 2.10. The summed E-state index contributed by atoms with van der Waals surface area (Å²) in [5, 5.41) is 6.51. The number of carbonyl (C=O) groups is 1. The molecule has 0 spiro atoms. The van der Waals surface area contributed by atoms with E-state index < -0.39 is 0 Å². The molecular formula is C22H22ClN5O2. The van der Waals surface area contributed by atoms with Crippen molar-refractivity contribution in [2.24, 2.45) is 5.73 Å². The standard InChI is InChI=1S/C22H22ClN5O2/c1-3-20(29)27-19-6-4-5-14(2)21(19)28-22-25-11-17(12-26-22)30-13-16-9-15(10-24)7-8-18(16)23/h3-9,11-12H,1,10,13,24H2,2H3,(H,27,29)(H,25,26,28).